The van der Waals surface area contributed by atoms with Crippen molar-refractivity contribution in [2.24, 2.45) is 11.8 Å². The number of hydrogen-bond acceptors (Lipinski definition) is 2. The summed E-state index contributed by atoms with van der Waals surface area (Å²) in [5, 5.41) is 0. The molecular weight excluding hydrogens is 200 g/mol. The van der Waals surface area contributed by atoms with Crippen LogP contribution in [0.1, 0.15) is 38.5 Å². The van der Waals surface area contributed by atoms with Gasteiger partial charge in [-0.15, -0.1) is 0 Å². The van der Waals surface area contributed by atoms with Gasteiger partial charge >= 0.3 is 5.97 Å². The van der Waals surface area contributed by atoms with Gasteiger partial charge in [0.25, 0.3) is 0 Å². The molecule has 16 heavy (non-hydrogen) atoms. The minimum Gasteiger partial charge on any atom is -0.458 e. The van der Waals surface area contributed by atoms with Gasteiger partial charge in [-0.1, -0.05) is 31.6 Å². The second-order valence-corrected chi connectivity index (χ2v) is 4.86. The molecule has 2 nitrogen and oxygen atoms in total. The molecule has 0 spiro atoms. The second kappa shape index (κ2) is 5.33. The van der Waals surface area contributed by atoms with E-state index in [4.69, 9.17) is 4.74 Å². The molecule has 2 aliphatic carbocycles. The number of allylic oxidation sites excluding steroid dienone is 1. The second-order valence-electron chi connectivity index (χ2n) is 4.86. The molecule has 0 amide bonds. The van der Waals surface area contributed by atoms with Crippen molar-refractivity contribution in [3.63, 3.8) is 0 Å². The molecule has 2 atom stereocenters. The Morgan fingerprint density at radius 2 is 2.19 bits per heavy atom. The summed E-state index contributed by atoms with van der Waals surface area (Å²) in [4.78, 5) is 11.7. The Morgan fingerprint density at radius 3 is 2.94 bits per heavy atom. The van der Waals surface area contributed by atoms with Crippen molar-refractivity contribution in [3.05, 3.63) is 24.3 Å². The van der Waals surface area contributed by atoms with E-state index in [0.29, 0.717) is 6.61 Å². The molecule has 1 saturated carbocycles. The van der Waals surface area contributed by atoms with Gasteiger partial charge in [-0.25, -0.2) is 4.79 Å². The number of carbonyl (C=O) groups is 1. The third-order valence-electron chi connectivity index (χ3n) is 3.81. The molecule has 0 saturated heterocycles. The summed E-state index contributed by atoms with van der Waals surface area (Å²) < 4.78 is 5.09. The van der Waals surface area contributed by atoms with E-state index in [-0.39, 0.29) is 5.97 Å². The van der Waals surface area contributed by atoms with Crippen LogP contribution >= 0.6 is 0 Å². The minimum atomic E-state index is -0.135. The minimum absolute atomic E-state index is 0.135. The average molecular weight is 220 g/mol. The van der Waals surface area contributed by atoms with Gasteiger partial charge in [0.15, 0.2) is 0 Å². The van der Waals surface area contributed by atoms with Gasteiger partial charge in [-0.3, -0.25) is 0 Å². The number of fused-ring (bicyclic) bond motifs is 1. The molecule has 0 bridgehead atoms. The maximum Gasteiger partial charge on any atom is 0.333 e. The van der Waals surface area contributed by atoms with E-state index in [0.717, 1.165) is 30.3 Å². The maximum atomic E-state index is 11.7. The Hall–Kier alpha value is -1.05. The molecule has 0 aromatic rings. The number of esters is 1. The van der Waals surface area contributed by atoms with Gasteiger partial charge in [0.05, 0.1) is 0 Å². The van der Waals surface area contributed by atoms with Crippen LogP contribution in [-0.2, 0) is 9.53 Å². The maximum absolute atomic E-state index is 11.7. The topological polar surface area (TPSA) is 26.3 Å². The summed E-state index contributed by atoms with van der Waals surface area (Å²) in [7, 11) is 0. The Balaban J connectivity index is 1.94. The normalized spacial score (nSPS) is 28.9. The van der Waals surface area contributed by atoms with Crippen molar-refractivity contribution < 1.29 is 9.53 Å². The first-order valence-corrected chi connectivity index (χ1v) is 6.28. The molecule has 2 unspecified atom stereocenters. The van der Waals surface area contributed by atoms with Crippen LogP contribution < -0.4 is 0 Å². The molecule has 0 radical (unpaired) electrons. The first-order valence-electron chi connectivity index (χ1n) is 6.28. The van der Waals surface area contributed by atoms with E-state index in [1.165, 1.54) is 25.7 Å². The Morgan fingerprint density at radius 1 is 1.44 bits per heavy atom. The van der Waals surface area contributed by atoms with Gasteiger partial charge in [0.1, 0.15) is 6.61 Å². The highest BCUT2D eigenvalue weighted by atomic mass is 16.5. The van der Waals surface area contributed by atoms with Crippen LogP contribution in [0.3, 0.4) is 0 Å². The van der Waals surface area contributed by atoms with Crippen LogP contribution in [-0.4, -0.2) is 12.6 Å². The van der Waals surface area contributed by atoms with E-state index >= 15 is 0 Å². The molecule has 88 valence electrons. The van der Waals surface area contributed by atoms with E-state index in [1.807, 2.05) is 0 Å². The summed E-state index contributed by atoms with van der Waals surface area (Å²) in [6.45, 7) is 3.87. The summed E-state index contributed by atoms with van der Waals surface area (Å²) in [6, 6.07) is 0. The summed E-state index contributed by atoms with van der Waals surface area (Å²) in [5.74, 6) is 1.42. The Bertz CT molecular complexity index is 304. The van der Waals surface area contributed by atoms with Crippen LogP contribution in [0, 0.1) is 11.8 Å². The van der Waals surface area contributed by atoms with Gasteiger partial charge in [-0.05, 0) is 37.5 Å². The van der Waals surface area contributed by atoms with Crippen molar-refractivity contribution >= 4 is 5.97 Å². The van der Waals surface area contributed by atoms with Crippen LogP contribution in [0.15, 0.2) is 24.3 Å². The van der Waals surface area contributed by atoms with E-state index in [2.05, 4.69) is 12.7 Å². The first kappa shape index (κ1) is 11.4. The van der Waals surface area contributed by atoms with Crippen LogP contribution in [0.4, 0.5) is 0 Å². The molecule has 0 N–H and O–H groups in total. The monoisotopic (exact) mass is 220 g/mol. The fraction of sp³-hybridized carbons (Fsp3) is 0.643. The van der Waals surface area contributed by atoms with E-state index in [9.17, 15) is 4.79 Å². The molecular formula is C14H20O2. The molecule has 2 heteroatoms. The zero-order valence-electron chi connectivity index (χ0n) is 9.78. The number of carbonyl (C=O) groups excluding carboxylic acids is 1. The highest BCUT2D eigenvalue weighted by Gasteiger charge is 2.30. The molecule has 0 aromatic heterocycles. The first-order chi connectivity index (χ1) is 7.81. The van der Waals surface area contributed by atoms with Gasteiger partial charge in [-0.2, -0.15) is 0 Å². The molecule has 0 heterocycles. The van der Waals surface area contributed by atoms with E-state index < -0.39 is 0 Å². The smallest absolute Gasteiger partial charge is 0.333 e. The lowest BCUT2D eigenvalue weighted by molar-refractivity contribution is -0.138. The highest BCUT2D eigenvalue weighted by Crippen LogP contribution is 2.40. The van der Waals surface area contributed by atoms with Crippen molar-refractivity contribution in [3.8, 4) is 0 Å². The van der Waals surface area contributed by atoms with Gasteiger partial charge < -0.3 is 4.74 Å². The average Bonchev–Trinajstić information content (AvgIpc) is 2.35. The van der Waals surface area contributed by atoms with Gasteiger partial charge in [0, 0.05) is 5.57 Å². The predicted octanol–water partition coefficient (Wildman–Crippen LogP) is 3.24. The fourth-order valence-corrected chi connectivity index (χ4v) is 2.92. The lowest BCUT2D eigenvalue weighted by Gasteiger charge is -2.34. The van der Waals surface area contributed by atoms with Crippen molar-refractivity contribution in [2.45, 2.75) is 38.5 Å². The van der Waals surface area contributed by atoms with Gasteiger partial charge in [0.2, 0.25) is 0 Å². The van der Waals surface area contributed by atoms with Crippen LogP contribution in [0.2, 0.25) is 0 Å². The number of hydrogen-bond donors (Lipinski definition) is 0. The summed E-state index contributed by atoms with van der Waals surface area (Å²) in [6.07, 6.45) is 11.0. The zero-order valence-corrected chi connectivity index (χ0v) is 9.78. The SMILES string of the molecule is C=CCOC(=O)C1=CCC2CCCCC2C1. The van der Waals surface area contributed by atoms with E-state index in [1.54, 1.807) is 6.08 Å². The van der Waals surface area contributed by atoms with Crippen LogP contribution in [0.5, 0.6) is 0 Å². The molecule has 2 rings (SSSR count). The standard InChI is InChI=1S/C14H20O2/c1-2-9-16-14(15)13-8-7-11-5-3-4-6-12(11)10-13/h2,8,11-12H,1,3-7,9-10H2. The van der Waals surface area contributed by atoms with Crippen molar-refractivity contribution in [1.82, 2.24) is 0 Å². The predicted molar refractivity (Wildman–Crippen MR) is 63.9 cm³/mol. The number of rotatable bonds is 3. The lowest BCUT2D eigenvalue weighted by atomic mass is 9.71. The quantitative estimate of drug-likeness (QED) is 0.539. The third-order valence-corrected chi connectivity index (χ3v) is 3.81. The summed E-state index contributed by atoms with van der Waals surface area (Å²) in [5.41, 5.74) is 0.894. The number of ether oxygens (including phenoxy) is 1. The Labute approximate surface area is 97.4 Å². The molecule has 0 aliphatic heterocycles. The third kappa shape index (κ3) is 2.55. The molecule has 2 aliphatic rings. The zero-order chi connectivity index (χ0) is 11.4. The Kier molecular flexibility index (Phi) is 3.81. The summed E-state index contributed by atoms with van der Waals surface area (Å²) >= 11 is 0. The highest BCUT2D eigenvalue weighted by molar-refractivity contribution is 5.88. The van der Waals surface area contributed by atoms with Crippen molar-refractivity contribution in [1.29, 1.82) is 0 Å². The molecule has 0 aromatic carbocycles. The largest absolute Gasteiger partial charge is 0.458 e. The fourth-order valence-electron chi connectivity index (χ4n) is 2.92. The van der Waals surface area contributed by atoms with Crippen molar-refractivity contribution in [2.75, 3.05) is 6.61 Å². The van der Waals surface area contributed by atoms with Crippen LogP contribution in [0.25, 0.3) is 0 Å². The molecule has 1 fully saturated rings. The lowest BCUT2D eigenvalue weighted by Crippen LogP contribution is -2.25.